The van der Waals surface area contributed by atoms with Crippen LogP contribution in [0.4, 0.5) is 5.69 Å². The normalized spacial score (nSPS) is 10.2. The third kappa shape index (κ3) is 2.88. The van der Waals surface area contributed by atoms with Crippen LogP contribution in [0.3, 0.4) is 0 Å². The van der Waals surface area contributed by atoms with Gasteiger partial charge >= 0.3 is 5.97 Å². The van der Waals surface area contributed by atoms with Crippen molar-refractivity contribution in [2.24, 2.45) is 0 Å². The maximum Gasteiger partial charge on any atom is 0.372 e. The Morgan fingerprint density at radius 2 is 2.21 bits per heavy atom. The Morgan fingerprint density at radius 3 is 2.89 bits per heavy atom. The predicted octanol–water partition coefficient (Wildman–Crippen LogP) is 2.62. The molecule has 0 saturated carbocycles. The van der Waals surface area contributed by atoms with Gasteiger partial charge in [0.2, 0.25) is 5.76 Å². The zero-order valence-corrected chi connectivity index (χ0v) is 10.8. The molecule has 0 bridgehead atoms. The van der Waals surface area contributed by atoms with E-state index in [9.17, 15) is 4.79 Å². The highest BCUT2D eigenvalue weighted by Crippen LogP contribution is 2.22. The van der Waals surface area contributed by atoms with Crippen LogP contribution in [0.1, 0.15) is 16.1 Å². The fraction of sp³-hybridized carbons (Fsp3) is 0.214. The molecule has 1 aromatic heterocycles. The first-order valence-electron chi connectivity index (χ1n) is 5.76. The second kappa shape index (κ2) is 5.48. The molecule has 0 aliphatic rings. The van der Waals surface area contributed by atoms with Crippen LogP contribution in [0.25, 0.3) is 0 Å². The van der Waals surface area contributed by atoms with Gasteiger partial charge in [0.05, 0.1) is 13.4 Å². The van der Waals surface area contributed by atoms with Crippen LogP contribution in [0.5, 0.6) is 5.75 Å². The molecule has 2 aromatic rings. The SMILES string of the molecule is COc1cccc(N(C)Cc2ccoc2C(=O)O)c1. The van der Waals surface area contributed by atoms with Gasteiger partial charge in [-0.25, -0.2) is 4.79 Å². The van der Waals surface area contributed by atoms with E-state index in [2.05, 4.69) is 0 Å². The van der Waals surface area contributed by atoms with Crippen molar-refractivity contribution in [2.75, 3.05) is 19.1 Å². The average Bonchev–Trinajstić information content (AvgIpc) is 2.87. The molecule has 0 fully saturated rings. The molecule has 0 unspecified atom stereocenters. The second-order valence-corrected chi connectivity index (χ2v) is 4.14. The number of carboxylic acids is 1. The molecule has 0 atom stereocenters. The quantitative estimate of drug-likeness (QED) is 0.896. The third-order valence-electron chi connectivity index (χ3n) is 2.84. The first kappa shape index (κ1) is 13.0. The lowest BCUT2D eigenvalue weighted by atomic mass is 10.2. The average molecular weight is 261 g/mol. The summed E-state index contributed by atoms with van der Waals surface area (Å²) in [7, 11) is 3.49. The number of nitrogens with zero attached hydrogens (tertiary/aromatic N) is 1. The van der Waals surface area contributed by atoms with E-state index in [0.717, 1.165) is 11.4 Å². The fourth-order valence-corrected chi connectivity index (χ4v) is 1.84. The highest BCUT2D eigenvalue weighted by molar-refractivity contribution is 5.86. The van der Waals surface area contributed by atoms with Crippen molar-refractivity contribution in [1.82, 2.24) is 0 Å². The number of ether oxygens (including phenoxy) is 1. The highest BCUT2D eigenvalue weighted by atomic mass is 16.5. The van der Waals surface area contributed by atoms with E-state index in [1.807, 2.05) is 36.2 Å². The van der Waals surface area contributed by atoms with E-state index in [-0.39, 0.29) is 5.76 Å². The number of carbonyl (C=O) groups is 1. The Hall–Kier alpha value is -2.43. The Balaban J connectivity index is 2.18. The summed E-state index contributed by atoms with van der Waals surface area (Å²) in [5.74, 6) is -0.316. The topological polar surface area (TPSA) is 62.9 Å². The van der Waals surface area contributed by atoms with Crippen LogP contribution in [0.15, 0.2) is 41.0 Å². The molecule has 0 radical (unpaired) electrons. The smallest absolute Gasteiger partial charge is 0.372 e. The van der Waals surface area contributed by atoms with Crippen molar-refractivity contribution in [2.45, 2.75) is 6.54 Å². The number of furan rings is 1. The Morgan fingerprint density at radius 1 is 1.42 bits per heavy atom. The molecule has 19 heavy (non-hydrogen) atoms. The number of rotatable bonds is 5. The van der Waals surface area contributed by atoms with Gasteiger partial charge in [0.1, 0.15) is 5.75 Å². The van der Waals surface area contributed by atoms with E-state index in [0.29, 0.717) is 12.1 Å². The van der Waals surface area contributed by atoms with E-state index in [1.54, 1.807) is 13.2 Å². The van der Waals surface area contributed by atoms with Crippen molar-refractivity contribution in [3.05, 3.63) is 47.9 Å². The number of hydrogen-bond donors (Lipinski definition) is 1. The predicted molar refractivity (Wildman–Crippen MR) is 70.8 cm³/mol. The summed E-state index contributed by atoms with van der Waals surface area (Å²) in [6, 6.07) is 9.24. The number of benzene rings is 1. The molecule has 0 aliphatic heterocycles. The van der Waals surface area contributed by atoms with Crippen molar-refractivity contribution in [3.63, 3.8) is 0 Å². The van der Waals surface area contributed by atoms with Gasteiger partial charge in [0, 0.05) is 30.9 Å². The number of aromatic carboxylic acids is 1. The van der Waals surface area contributed by atoms with Gasteiger partial charge in [-0.2, -0.15) is 0 Å². The molecule has 2 rings (SSSR count). The largest absolute Gasteiger partial charge is 0.497 e. The number of carboxylic acid groups (broad SMARTS) is 1. The monoisotopic (exact) mass is 261 g/mol. The summed E-state index contributed by atoms with van der Waals surface area (Å²) in [6.45, 7) is 0.450. The van der Waals surface area contributed by atoms with E-state index >= 15 is 0 Å². The maximum absolute atomic E-state index is 11.0. The van der Waals surface area contributed by atoms with Crippen molar-refractivity contribution in [1.29, 1.82) is 0 Å². The van der Waals surface area contributed by atoms with Crippen molar-refractivity contribution < 1.29 is 19.1 Å². The van der Waals surface area contributed by atoms with E-state index in [4.69, 9.17) is 14.3 Å². The van der Waals surface area contributed by atoms with Gasteiger partial charge in [0.15, 0.2) is 0 Å². The lowest BCUT2D eigenvalue weighted by Gasteiger charge is -2.19. The minimum Gasteiger partial charge on any atom is -0.497 e. The molecule has 0 saturated heterocycles. The van der Waals surface area contributed by atoms with Crippen LogP contribution in [0, 0.1) is 0 Å². The molecular formula is C14H15NO4. The van der Waals surface area contributed by atoms with Crippen LogP contribution in [-0.2, 0) is 6.54 Å². The molecule has 5 heteroatoms. The standard InChI is InChI=1S/C14H15NO4/c1-15(11-4-3-5-12(8-11)18-2)9-10-6-7-19-13(10)14(16)17/h3-8H,9H2,1-2H3,(H,16,17). The lowest BCUT2D eigenvalue weighted by molar-refractivity contribution is 0.0661. The van der Waals surface area contributed by atoms with Gasteiger partial charge < -0.3 is 19.2 Å². The van der Waals surface area contributed by atoms with E-state index < -0.39 is 5.97 Å². The Kier molecular flexibility index (Phi) is 3.75. The molecule has 100 valence electrons. The molecule has 1 aromatic carbocycles. The number of anilines is 1. The van der Waals surface area contributed by atoms with Crippen molar-refractivity contribution in [3.8, 4) is 5.75 Å². The molecular weight excluding hydrogens is 246 g/mol. The third-order valence-corrected chi connectivity index (χ3v) is 2.84. The van der Waals surface area contributed by atoms with Gasteiger partial charge in [0.25, 0.3) is 0 Å². The van der Waals surface area contributed by atoms with Gasteiger partial charge in [-0.15, -0.1) is 0 Å². The molecule has 0 aliphatic carbocycles. The molecule has 0 spiro atoms. The van der Waals surface area contributed by atoms with Gasteiger partial charge in [-0.3, -0.25) is 0 Å². The minimum absolute atomic E-state index is 0.0188. The zero-order valence-electron chi connectivity index (χ0n) is 10.8. The summed E-state index contributed by atoms with van der Waals surface area (Å²) in [5, 5.41) is 8.99. The Bertz CT molecular complexity index is 576. The van der Waals surface area contributed by atoms with Crippen LogP contribution >= 0.6 is 0 Å². The Labute approximate surface area is 111 Å². The fourth-order valence-electron chi connectivity index (χ4n) is 1.84. The summed E-state index contributed by atoms with van der Waals surface area (Å²) >= 11 is 0. The van der Waals surface area contributed by atoms with Gasteiger partial charge in [-0.05, 0) is 18.2 Å². The highest BCUT2D eigenvalue weighted by Gasteiger charge is 2.15. The second-order valence-electron chi connectivity index (χ2n) is 4.14. The summed E-state index contributed by atoms with van der Waals surface area (Å²) < 4.78 is 10.1. The van der Waals surface area contributed by atoms with Crippen LogP contribution in [0.2, 0.25) is 0 Å². The molecule has 1 N–H and O–H groups in total. The molecule has 1 heterocycles. The zero-order chi connectivity index (χ0) is 13.8. The van der Waals surface area contributed by atoms with Crippen LogP contribution < -0.4 is 9.64 Å². The number of hydrogen-bond acceptors (Lipinski definition) is 4. The number of methoxy groups -OCH3 is 1. The lowest BCUT2D eigenvalue weighted by Crippen LogP contribution is -2.17. The summed E-state index contributed by atoms with van der Waals surface area (Å²) in [6.07, 6.45) is 1.39. The summed E-state index contributed by atoms with van der Waals surface area (Å²) in [5.41, 5.74) is 1.58. The van der Waals surface area contributed by atoms with E-state index in [1.165, 1.54) is 6.26 Å². The molecule has 5 nitrogen and oxygen atoms in total. The minimum atomic E-state index is -1.06. The molecule has 0 amide bonds. The first-order valence-corrected chi connectivity index (χ1v) is 5.76. The summed E-state index contributed by atoms with van der Waals surface area (Å²) in [4.78, 5) is 12.9. The van der Waals surface area contributed by atoms with Gasteiger partial charge in [-0.1, -0.05) is 6.07 Å². The van der Waals surface area contributed by atoms with Crippen LogP contribution in [-0.4, -0.2) is 25.2 Å². The first-order chi connectivity index (χ1) is 9.11. The maximum atomic E-state index is 11.0. The van der Waals surface area contributed by atoms with Crippen molar-refractivity contribution >= 4 is 11.7 Å².